The van der Waals surface area contributed by atoms with Gasteiger partial charge in [-0.15, -0.1) is 0 Å². The maximum absolute atomic E-state index is 12.0. The summed E-state index contributed by atoms with van der Waals surface area (Å²) in [6.45, 7) is 0. The summed E-state index contributed by atoms with van der Waals surface area (Å²) >= 11 is 8.03. The van der Waals surface area contributed by atoms with Crippen LogP contribution < -0.4 is 0 Å². The predicted octanol–water partition coefficient (Wildman–Crippen LogP) is 4.28. The Balaban J connectivity index is 3.04. The molecular weight excluding hydrogens is 282 g/mol. The van der Waals surface area contributed by atoms with Crippen LogP contribution >= 0.6 is 27.5 Å². The van der Waals surface area contributed by atoms with E-state index in [0.29, 0.717) is 4.47 Å². The second-order valence-corrected chi connectivity index (χ2v) is 3.56. The normalized spacial score (nSPS) is 13.1. The molecular formula is C8H4BrClF3N. The van der Waals surface area contributed by atoms with Crippen molar-refractivity contribution in [2.75, 3.05) is 0 Å². The molecule has 0 radical (unpaired) electrons. The van der Waals surface area contributed by atoms with Crippen molar-refractivity contribution in [3.63, 3.8) is 0 Å². The first kappa shape index (κ1) is 11.5. The average molecular weight is 286 g/mol. The van der Waals surface area contributed by atoms with Gasteiger partial charge in [0.25, 0.3) is 0 Å². The Morgan fingerprint density at radius 2 is 1.86 bits per heavy atom. The van der Waals surface area contributed by atoms with E-state index in [4.69, 9.17) is 11.6 Å². The average Bonchev–Trinajstić information content (AvgIpc) is 2.07. The van der Waals surface area contributed by atoms with Crippen molar-refractivity contribution in [2.24, 2.45) is 4.99 Å². The number of halogens is 5. The van der Waals surface area contributed by atoms with Gasteiger partial charge in [0.15, 0.2) is 0 Å². The Labute approximate surface area is 91.7 Å². The number of hydrogen-bond donors (Lipinski definition) is 0. The number of nitrogens with zero attached hydrogens (tertiary/aromatic N) is 1. The second kappa shape index (κ2) is 4.31. The summed E-state index contributed by atoms with van der Waals surface area (Å²) in [6, 6.07) is 6.26. The van der Waals surface area contributed by atoms with Crippen LogP contribution in [0.3, 0.4) is 0 Å². The summed E-state index contributed by atoms with van der Waals surface area (Å²) in [5, 5.41) is -1.38. The van der Waals surface area contributed by atoms with Gasteiger partial charge in [0, 0.05) is 4.47 Å². The third-order valence-electron chi connectivity index (χ3n) is 1.30. The standard InChI is InChI=1S/C8H4BrClF3N/c9-5-3-1-2-4-6(5)14-7(10)8(11,12)13/h1-4H. The molecule has 76 valence electrons. The third-order valence-corrected chi connectivity index (χ3v) is 2.27. The topological polar surface area (TPSA) is 12.4 Å². The minimum atomic E-state index is -4.60. The van der Waals surface area contributed by atoms with Crippen LogP contribution in [0.2, 0.25) is 0 Å². The van der Waals surface area contributed by atoms with Gasteiger partial charge >= 0.3 is 6.18 Å². The summed E-state index contributed by atoms with van der Waals surface area (Å²) in [7, 11) is 0. The number of hydrogen-bond acceptors (Lipinski definition) is 1. The fraction of sp³-hybridized carbons (Fsp3) is 0.125. The maximum Gasteiger partial charge on any atom is 0.444 e. The van der Waals surface area contributed by atoms with Crippen molar-refractivity contribution in [1.82, 2.24) is 0 Å². The molecule has 14 heavy (non-hydrogen) atoms. The Morgan fingerprint density at radius 3 is 2.36 bits per heavy atom. The molecule has 1 aromatic carbocycles. The lowest BCUT2D eigenvalue weighted by molar-refractivity contribution is -0.0558. The SMILES string of the molecule is FC(F)(F)C(Cl)=Nc1ccccc1Br. The summed E-state index contributed by atoms with van der Waals surface area (Å²) < 4.78 is 36.4. The summed E-state index contributed by atoms with van der Waals surface area (Å²) in [5.74, 6) is 0. The fourth-order valence-electron chi connectivity index (χ4n) is 0.712. The van der Waals surface area contributed by atoms with Crippen LogP contribution in [0.4, 0.5) is 18.9 Å². The monoisotopic (exact) mass is 285 g/mol. The summed E-state index contributed by atoms with van der Waals surface area (Å²) in [6.07, 6.45) is -4.60. The van der Waals surface area contributed by atoms with Gasteiger partial charge in [0.2, 0.25) is 5.17 Å². The van der Waals surface area contributed by atoms with Crippen molar-refractivity contribution in [3.8, 4) is 0 Å². The highest BCUT2D eigenvalue weighted by Crippen LogP contribution is 2.28. The molecule has 0 spiro atoms. The van der Waals surface area contributed by atoms with Gasteiger partial charge in [0.1, 0.15) is 0 Å². The quantitative estimate of drug-likeness (QED) is 0.683. The Kier molecular flexibility index (Phi) is 3.55. The molecule has 0 aliphatic carbocycles. The highest BCUT2D eigenvalue weighted by molar-refractivity contribution is 9.10. The van der Waals surface area contributed by atoms with Gasteiger partial charge < -0.3 is 0 Å². The molecule has 6 heteroatoms. The molecule has 0 aromatic heterocycles. The highest BCUT2D eigenvalue weighted by atomic mass is 79.9. The zero-order valence-corrected chi connectivity index (χ0v) is 8.99. The van der Waals surface area contributed by atoms with Crippen molar-refractivity contribution in [3.05, 3.63) is 28.7 Å². The lowest BCUT2D eigenvalue weighted by Gasteiger charge is -2.03. The van der Waals surface area contributed by atoms with Crippen LogP contribution in [0.15, 0.2) is 33.7 Å². The van der Waals surface area contributed by atoms with Gasteiger partial charge in [-0.2, -0.15) is 13.2 Å². The largest absolute Gasteiger partial charge is 0.444 e. The molecule has 0 aliphatic rings. The summed E-state index contributed by atoms with van der Waals surface area (Å²) in [4.78, 5) is 3.24. The Hall–Kier alpha value is -0.550. The first-order valence-electron chi connectivity index (χ1n) is 3.47. The van der Waals surface area contributed by atoms with Gasteiger partial charge in [0.05, 0.1) is 5.69 Å². The number of alkyl halides is 3. The second-order valence-electron chi connectivity index (χ2n) is 2.35. The fourth-order valence-corrected chi connectivity index (χ4v) is 1.18. The molecule has 0 fully saturated rings. The zero-order valence-electron chi connectivity index (χ0n) is 6.65. The van der Waals surface area contributed by atoms with Crippen molar-refractivity contribution < 1.29 is 13.2 Å². The molecule has 0 amide bonds. The van der Waals surface area contributed by atoms with Crippen molar-refractivity contribution in [2.45, 2.75) is 6.18 Å². The number of benzene rings is 1. The number of aliphatic imine (C=N–C) groups is 1. The minimum absolute atomic E-state index is 0.148. The van der Waals surface area contributed by atoms with Gasteiger partial charge in [-0.05, 0) is 28.1 Å². The Morgan fingerprint density at radius 1 is 1.29 bits per heavy atom. The zero-order chi connectivity index (χ0) is 10.8. The molecule has 0 unspecified atom stereocenters. The Bertz CT molecular complexity index is 362. The maximum atomic E-state index is 12.0. The first-order chi connectivity index (χ1) is 6.41. The van der Waals surface area contributed by atoms with E-state index >= 15 is 0 Å². The molecule has 1 nitrogen and oxygen atoms in total. The van der Waals surface area contributed by atoms with Gasteiger partial charge in [-0.3, -0.25) is 0 Å². The van der Waals surface area contributed by atoms with E-state index in [2.05, 4.69) is 20.9 Å². The molecule has 0 N–H and O–H groups in total. The van der Waals surface area contributed by atoms with E-state index in [0.717, 1.165) is 0 Å². The van der Waals surface area contributed by atoms with Crippen LogP contribution in [0, 0.1) is 0 Å². The molecule has 1 rings (SSSR count). The highest BCUT2D eigenvalue weighted by Gasteiger charge is 2.34. The van der Waals surface area contributed by atoms with Crippen LogP contribution in [0.5, 0.6) is 0 Å². The number of rotatable bonds is 1. The first-order valence-corrected chi connectivity index (χ1v) is 4.64. The van der Waals surface area contributed by atoms with Crippen LogP contribution in [-0.4, -0.2) is 11.3 Å². The van der Waals surface area contributed by atoms with Gasteiger partial charge in [-0.25, -0.2) is 4.99 Å². The van der Waals surface area contributed by atoms with Crippen molar-refractivity contribution >= 4 is 38.4 Å². The smallest absolute Gasteiger partial charge is 0.231 e. The molecule has 0 aliphatic heterocycles. The van der Waals surface area contributed by atoms with E-state index in [1.165, 1.54) is 6.07 Å². The molecule has 0 atom stereocenters. The molecule has 1 aromatic rings. The molecule has 0 heterocycles. The van der Waals surface area contributed by atoms with Crippen LogP contribution in [-0.2, 0) is 0 Å². The third kappa shape index (κ3) is 2.99. The van der Waals surface area contributed by atoms with Crippen LogP contribution in [0.25, 0.3) is 0 Å². The molecule has 0 saturated carbocycles. The minimum Gasteiger partial charge on any atom is -0.231 e. The molecule has 0 bridgehead atoms. The van der Waals surface area contributed by atoms with E-state index in [9.17, 15) is 13.2 Å². The number of para-hydroxylation sites is 1. The van der Waals surface area contributed by atoms with E-state index in [1.807, 2.05) is 0 Å². The molecule has 0 saturated heterocycles. The summed E-state index contributed by atoms with van der Waals surface area (Å²) in [5.41, 5.74) is 0.148. The van der Waals surface area contributed by atoms with E-state index in [-0.39, 0.29) is 5.69 Å². The van der Waals surface area contributed by atoms with Crippen molar-refractivity contribution in [1.29, 1.82) is 0 Å². The van der Waals surface area contributed by atoms with E-state index in [1.54, 1.807) is 18.2 Å². The predicted molar refractivity (Wildman–Crippen MR) is 53.1 cm³/mol. The lowest BCUT2D eigenvalue weighted by Crippen LogP contribution is -2.16. The van der Waals surface area contributed by atoms with Crippen LogP contribution in [0.1, 0.15) is 0 Å². The lowest BCUT2D eigenvalue weighted by atomic mass is 10.3. The van der Waals surface area contributed by atoms with E-state index < -0.39 is 11.3 Å². The van der Waals surface area contributed by atoms with Gasteiger partial charge in [-0.1, -0.05) is 23.7 Å².